The summed E-state index contributed by atoms with van der Waals surface area (Å²) in [5.74, 6) is 1.07. The molecule has 3 rings (SSSR count). The maximum atomic E-state index is 5.81. The van der Waals surface area contributed by atoms with E-state index in [1.807, 2.05) is 6.07 Å². The van der Waals surface area contributed by atoms with Crippen molar-refractivity contribution in [2.45, 2.75) is 19.6 Å². The number of nitrogens with zero attached hydrogens (tertiary/aromatic N) is 3. The lowest BCUT2D eigenvalue weighted by molar-refractivity contribution is -0.0254. The minimum atomic E-state index is 0.286. The molecular weight excluding hydrogens is 264 g/mol. The first kappa shape index (κ1) is 14.5. The number of hydrogen-bond donors (Lipinski definition) is 1. The van der Waals surface area contributed by atoms with Gasteiger partial charge in [-0.25, -0.2) is 4.98 Å². The quantitative estimate of drug-likeness (QED) is 0.903. The summed E-state index contributed by atoms with van der Waals surface area (Å²) >= 11 is 0. The standard InChI is InChI=1S/C16H24N4O/c1-3-20-8-9-21-13(12-20)10-17-11-16-18-14-6-4-5-7-15(14)19(16)2/h4-7,13,17H,3,8-12H2,1-2H3/t13-/m0/s1. The Bertz CT molecular complexity index is 595. The van der Waals surface area contributed by atoms with Crippen molar-refractivity contribution in [1.29, 1.82) is 0 Å². The van der Waals surface area contributed by atoms with Crippen LogP contribution in [0.1, 0.15) is 12.7 Å². The highest BCUT2D eigenvalue weighted by molar-refractivity contribution is 5.75. The van der Waals surface area contributed by atoms with Gasteiger partial charge >= 0.3 is 0 Å². The number of rotatable bonds is 5. The first-order valence-corrected chi connectivity index (χ1v) is 7.73. The summed E-state index contributed by atoms with van der Waals surface area (Å²) in [6.07, 6.45) is 0.286. The van der Waals surface area contributed by atoms with Crippen molar-refractivity contribution < 1.29 is 4.74 Å². The average molecular weight is 288 g/mol. The Morgan fingerprint density at radius 1 is 1.38 bits per heavy atom. The molecule has 1 N–H and O–H groups in total. The van der Waals surface area contributed by atoms with Crippen molar-refractivity contribution in [3.05, 3.63) is 30.1 Å². The Kier molecular flexibility index (Phi) is 4.53. The highest BCUT2D eigenvalue weighted by Gasteiger charge is 2.18. The van der Waals surface area contributed by atoms with Crippen LogP contribution in [-0.4, -0.2) is 53.3 Å². The molecule has 114 valence electrons. The van der Waals surface area contributed by atoms with E-state index in [1.165, 1.54) is 5.52 Å². The van der Waals surface area contributed by atoms with Crippen LogP contribution in [-0.2, 0) is 18.3 Å². The maximum absolute atomic E-state index is 5.81. The Labute approximate surface area is 125 Å². The van der Waals surface area contributed by atoms with Gasteiger partial charge in [-0.3, -0.25) is 4.90 Å². The third-order valence-corrected chi connectivity index (χ3v) is 4.21. The summed E-state index contributed by atoms with van der Waals surface area (Å²) in [7, 11) is 2.07. The van der Waals surface area contributed by atoms with Gasteiger partial charge in [0, 0.05) is 26.7 Å². The number of ether oxygens (including phenoxy) is 1. The number of imidazole rings is 1. The van der Waals surface area contributed by atoms with E-state index in [4.69, 9.17) is 4.74 Å². The van der Waals surface area contributed by atoms with Crippen LogP contribution >= 0.6 is 0 Å². The second-order valence-electron chi connectivity index (χ2n) is 5.59. The van der Waals surface area contributed by atoms with Gasteiger partial charge in [0.15, 0.2) is 0 Å². The number of aromatic nitrogens is 2. The molecule has 5 nitrogen and oxygen atoms in total. The normalized spacial score (nSPS) is 20.2. The Hall–Kier alpha value is -1.43. The highest BCUT2D eigenvalue weighted by Crippen LogP contribution is 2.14. The number of likely N-dealkylation sites (N-methyl/N-ethyl adjacent to an activating group) is 1. The van der Waals surface area contributed by atoms with E-state index in [0.29, 0.717) is 0 Å². The van der Waals surface area contributed by atoms with Crippen molar-refractivity contribution in [2.75, 3.05) is 32.8 Å². The summed E-state index contributed by atoms with van der Waals surface area (Å²) in [5.41, 5.74) is 2.24. The predicted octanol–water partition coefficient (Wildman–Crippen LogP) is 1.38. The molecule has 0 radical (unpaired) electrons. The summed E-state index contributed by atoms with van der Waals surface area (Å²) < 4.78 is 7.96. The summed E-state index contributed by atoms with van der Waals surface area (Å²) in [4.78, 5) is 7.11. The SMILES string of the molecule is CCN1CCO[C@@H](CNCc2nc3ccccc3n2C)C1. The lowest BCUT2D eigenvalue weighted by Gasteiger charge is -2.32. The van der Waals surface area contributed by atoms with Crippen molar-refractivity contribution in [1.82, 2.24) is 19.8 Å². The van der Waals surface area contributed by atoms with Crippen LogP contribution in [0.2, 0.25) is 0 Å². The van der Waals surface area contributed by atoms with E-state index >= 15 is 0 Å². The minimum absolute atomic E-state index is 0.286. The third kappa shape index (κ3) is 3.26. The fraction of sp³-hybridized carbons (Fsp3) is 0.562. The number of benzene rings is 1. The van der Waals surface area contributed by atoms with Crippen molar-refractivity contribution in [3.8, 4) is 0 Å². The molecule has 1 aromatic heterocycles. The lowest BCUT2D eigenvalue weighted by Crippen LogP contribution is -2.46. The topological polar surface area (TPSA) is 42.3 Å². The molecule has 1 atom stereocenters. The molecule has 2 heterocycles. The maximum Gasteiger partial charge on any atom is 0.123 e. The second kappa shape index (κ2) is 6.56. The number of para-hydroxylation sites is 2. The van der Waals surface area contributed by atoms with E-state index in [0.717, 1.165) is 50.7 Å². The Morgan fingerprint density at radius 2 is 2.24 bits per heavy atom. The third-order valence-electron chi connectivity index (χ3n) is 4.21. The zero-order chi connectivity index (χ0) is 14.7. The molecular formula is C16H24N4O. The summed E-state index contributed by atoms with van der Waals surface area (Å²) in [5, 5.41) is 3.48. The largest absolute Gasteiger partial charge is 0.374 e. The molecule has 1 fully saturated rings. The van der Waals surface area contributed by atoms with Gasteiger partial charge in [0.2, 0.25) is 0 Å². The lowest BCUT2D eigenvalue weighted by atomic mass is 10.2. The minimum Gasteiger partial charge on any atom is -0.374 e. The molecule has 2 aromatic rings. The van der Waals surface area contributed by atoms with Crippen molar-refractivity contribution >= 4 is 11.0 Å². The van der Waals surface area contributed by atoms with Gasteiger partial charge in [-0.15, -0.1) is 0 Å². The average Bonchev–Trinajstić information content (AvgIpc) is 2.84. The fourth-order valence-electron chi connectivity index (χ4n) is 2.89. The smallest absolute Gasteiger partial charge is 0.123 e. The number of hydrogen-bond acceptors (Lipinski definition) is 4. The molecule has 0 unspecified atom stereocenters. The van der Waals surface area contributed by atoms with Crippen molar-refractivity contribution in [2.24, 2.45) is 7.05 Å². The fourth-order valence-corrected chi connectivity index (χ4v) is 2.89. The zero-order valence-corrected chi connectivity index (χ0v) is 12.9. The predicted molar refractivity (Wildman–Crippen MR) is 84.3 cm³/mol. The van der Waals surface area contributed by atoms with E-state index in [2.05, 4.69) is 51.9 Å². The van der Waals surface area contributed by atoms with Gasteiger partial charge in [0.25, 0.3) is 0 Å². The van der Waals surface area contributed by atoms with Crippen LogP contribution in [0.15, 0.2) is 24.3 Å². The molecule has 1 saturated heterocycles. The summed E-state index contributed by atoms with van der Waals surface area (Å²) in [6, 6.07) is 8.25. The molecule has 0 saturated carbocycles. The first-order chi connectivity index (χ1) is 10.3. The van der Waals surface area contributed by atoms with E-state index < -0.39 is 0 Å². The second-order valence-corrected chi connectivity index (χ2v) is 5.59. The summed E-state index contributed by atoms with van der Waals surface area (Å²) in [6.45, 7) is 7.87. The van der Waals surface area contributed by atoms with Gasteiger partial charge in [-0.2, -0.15) is 0 Å². The van der Waals surface area contributed by atoms with E-state index in [1.54, 1.807) is 0 Å². The van der Waals surface area contributed by atoms with Crippen LogP contribution in [0.5, 0.6) is 0 Å². The first-order valence-electron chi connectivity index (χ1n) is 7.73. The molecule has 0 amide bonds. The molecule has 0 bridgehead atoms. The highest BCUT2D eigenvalue weighted by atomic mass is 16.5. The van der Waals surface area contributed by atoms with Gasteiger partial charge in [-0.1, -0.05) is 19.1 Å². The molecule has 21 heavy (non-hydrogen) atoms. The van der Waals surface area contributed by atoms with Gasteiger partial charge in [-0.05, 0) is 18.7 Å². The Balaban J connectivity index is 1.56. The van der Waals surface area contributed by atoms with Gasteiger partial charge < -0.3 is 14.6 Å². The van der Waals surface area contributed by atoms with Crippen molar-refractivity contribution in [3.63, 3.8) is 0 Å². The molecule has 5 heteroatoms. The van der Waals surface area contributed by atoms with Crippen LogP contribution in [0.25, 0.3) is 11.0 Å². The van der Waals surface area contributed by atoms with Crippen LogP contribution in [0.3, 0.4) is 0 Å². The number of fused-ring (bicyclic) bond motifs is 1. The number of aryl methyl sites for hydroxylation is 1. The van der Waals surface area contributed by atoms with E-state index in [9.17, 15) is 0 Å². The monoisotopic (exact) mass is 288 g/mol. The van der Waals surface area contributed by atoms with E-state index in [-0.39, 0.29) is 6.10 Å². The molecule has 1 aliphatic heterocycles. The van der Waals surface area contributed by atoms with Gasteiger partial charge in [0.05, 0.1) is 30.3 Å². The molecule has 1 aromatic carbocycles. The van der Waals surface area contributed by atoms with Crippen LogP contribution in [0.4, 0.5) is 0 Å². The van der Waals surface area contributed by atoms with Crippen LogP contribution in [0, 0.1) is 0 Å². The molecule has 0 spiro atoms. The number of nitrogens with one attached hydrogen (secondary N) is 1. The molecule has 0 aliphatic carbocycles. The number of morpholine rings is 1. The Morgan fingerprint density at radius 3 is 3.05 bits per heavy atom. The molecule has 1 aliphatic rings. The zero-order valence-electron chi connectivity index (χ0n) is 12.9. The van der Waals surface area contributed by atoms with Gasteiger partial charge in [0.1, 0.15) is 5.82 Å². The van der Waals surface area contributed by atoms with Crippen LogP contribution < -0.4 is 5.32 Å².